The fourth-order valence-corrected chi connectivity index (χ4v) is 2.18. The van der Waals surface area contributed by atoms with Crippen LogP contribution >= 0.6 is 0 Å². The van der Waals surface area contributed by atoms with Crippen LogP contribution in [0.2, 0.25) is 0 Å². The topological polar surface area (TPSA) is 90.6 Å². The van der Waals surface area contributed by atoms with E-state index >= 15 is 0 Å². The number of fused-ring (bicyclic) bond motifs is 1. The minimum Gasteiger partial charge on any atom is -0.465 e. The molecule has 0 aliphatic carbocycles. The number of pyridine rings is 1. The van der Waals surface area contributed by atoms with E-state index in [9.17, 15) is 13.2 Å². The molecule has 2 aromatic heterocycles. The lowest BCUT2D eigenvalue weighted by atomic mass is 10.3. The second-order valence-corrected chi connectivity index (χ2v) is 5.96. The Balaban J connectivity index is 2.47. The maximum absolute atomic E-state index is 11.3. The van der Waals surface area contributed by atoms with Gasteiger partial charge < -0.3 is 4.74 Å². The molecule has 0 saturated heterocycles. The van der Waals surface area contributed by atoms with E-state index in [4.69, 9.17) is 0 Å². The average Bonchev–Trinajstić information content (AvgIpc) is 2.68. The van der Waals surface area contributed by atoms with Crippen molar-refractivity contribution < 1.29 is 17.9 Å². The molecule has 0 saturated carbocycles. The third-order valence-electron chi connectivity index (χ3n) is 2.29. The SMILES string of the molecule is COC(=O)c1ccn2c(CS(C)(=O)=O)nnc2c1. The van der Waals surface area contributed by atoms with Crippen molar-refractivity contribution in [2.45, 2.75) is 5.75 Å². The summed E-state index contributed by atoms with van der Waals surface area (Å²) in [6.07, 6.45) is 2.67. The molecular weight excluding hydrogens is 258 g/mol. The van der Waals surface area contributed by atoms with Gasteiger partial charge in [0.25, 0.3) is 0 Å². The molecule has 0 unspecified atom stereocenters. The summed E-state index contributed by atoms with van der Waals surface area (Å²) in [5.74, 6) is -0.375. The van der Waals surface area contributed by atoms with Crippen molar-refractivity contribution in [1.29, 1.82) is 0 Å². The van der Waals surface area contributed by atoms with Gasteiger partial charge in [-0.1, -0.05) is 0 Å². The number of rotatable bonds is 3. The maximum atomic E-state index is 11.3. The summed E-state index contributed by atoms with van der Waals surface area (Å²) in [6, 6.07) is 3.01. The van der Waals surface area contributed by atoms with Gasteiger partial charge in [-0.15, -0.1) is 10.2 Å². The Morgan fingerprint density at radius 2 is 2.17 bits per heavy atom. The molecule has 0 N–H and O–H groups in total. The third kappa shape index (κ3) is 2.48. The van der Waals surface area contributed by atoms with E-state index in [0.29, 0.717) is 17.0 Å². The predicted octanol–water partition coefficient (Wildman–Crippen LogP) is 0.0605. The number of ether oxygens (including phenoxy) is 1. The van der Waals surface area contributed by atoms with E-state index in [1.165, 1.54) is 23.6 Å². The highest BCUT2D eigenvalue weighted by atomic mass is 32.2. The first-order valence-corrected chi connectivity index (χ1v) is 7.06. The Labute approximate surface area is 103 Å². The Morgan fingerprint density at radius 3 is 2.78 bits per heavy atom. The van der Waals surface area contributed by atoms with E-state index in [2.05, 4.69) is 14.9 Å². The van der Waals surface area contributed by atoms with Crippen molar-refractivity contribution in [2.24, 2.45) is 0 Å². The van der Waals surface area contributed by atoms with Crippen LogP contribution in [-0.2, 0) is 20.3 Å². The number of hydrogen-bond donors (Lipinski definition) is 0. The van der Waals surface area contributed by atoms with Gasteiger partial charge in [0.1, 0.15) is 5.75 Å². The summed E-state index contributed by atoms with van der Waals surface area (Å²) in [5.41, 5.74) is 0.736. The van der Waals surface area contributed by atoms with Gasteiger partial charge in [-0.25, -0.2) is 13.2 Å². The van der Waals surface area contributed by atoms with Gasteiger partial charge in [-0.3, -0.25) is 4.40 Å². The Kier molecular flexibility index (Phi) is 3.04. The molecule has 0 aliphatic heterocycles. The van der Waals surface area contributed by atoms with Crippen LogP contribution in [0.25, 0.3) is 5.65 Å². The van der Waals surface area contributed by atoms with E-state index in [1.54, 1.807) is 6.20 Å². The summed E-state index contributed by atoms with van der Waals surface area (Å²) in [5, 5.41) is 7.61. The minimum atomic E-state index is -3.18. The quantitative estimate of drug-likeness (QED) is 0.732. The molecule has 0 atom stereocenters. The molecule has 7 nitrogen and oxygen atoms in total. The lowest BCUT2D eigenvalue weighted by Crippen LogP contribution is -2.06. The van der Waals surface area contributed by atoms with Gasteiger partial charge in [-0.2, -0.15) is 0 Å². The monoisotopic (exact) mass is 269 g/mol. The smallest absolute Gasteiger partial charge is 0.338 e. The molecule has 2 aromatic rings. The normalized spacial score (nSPS) is 11.7. The molecule has 0 fully saturated rings. The van der Waals surface area contributed by atoms with Crippen molar-refractivity contribution in [3.8, 4) is 0 Å². The zero-order valence-electron chi connectivity index (χ0n) is 9.82. The first-order chi connectivity index (χ1) is 8.40. The maximum Gasteiger partial charge on any atom is 0.338 e. The second-order valence-electron chi connectivity index (χ2n) is 3.82. The third-order valence-corrected chi connectivity index (χ3v) is 3.08. The van der Waals surface area contributed by atoms with Crippen LogP contribution in [0.3, 0.4) is 0 Å². The predicted molar refractivity (Wildman–Crippen MR) is 62.9 cm³/mol. The lowest BCUT2D eigenvalue weighted by Gasteiger charge is -2.01. The van der Waals surface area contributed by atoms with E-state index in [1.807, 2.05) is 0 Å². The highest BCUT2D eigenvalue weighted by Crippen LogP contribution is 2.10. The molecule has 2 rings (SSSR count). The molecule has 0 radical (unpaired) electrons. The number of methoxy groups -OCH3 is 1. The van der Waals surface area contributed by atoms with Crippen LogP contribution < -0.4 is 0 Å². The van der Waals surface area contributed by atoms with Crippen molar-refractivity contribution in [3.63, 3.8) is 0 Å². The van der Waals surface area contributed by atoms with Gasteiger partial charge in [0.05, 0.1) is 12.7 Å². The van der Waals surface area contributed by atoms with Crippen LogP contribution in [0.15, 0.2) is 18.3 Å². The Morgan fingerprint density at radius 1 is 1.44 bits per heavy atom. The number of hydrogen-bond acceptors (Lipinski definition) is 6. The fourth-order valence-electron chi connectivity index (χ4n) is 1.52. The molecule has 0 bridgehead atoms. The van der Waals surface area contributed by atoms with Gasteiger partial charge in [0, 0.05) is 12.5 Å². The highest BCUT2D eigenvalue weighted by molar-refractivity contribution is 7.89. The van der Waals surface area contributed by atoms with Crippen LogP contribution in [0.5, 0.6) is 0 Å². The molecule has 0 spiro atoms. The molecule has 18 heavy (non-hydrogen) atoms. The second kappa shape index (κ2) is 4.37. The van der Waals surface area contributed by atoms with Crippen LogP contribution in [-0.4, -0.2) is 42.4 Å². The number of sulfone groups is 1. The lowest BCUT2D eigenvalue weighted by molar-refractivity contribution is 0.0600. The van der Waals surface area contributed by atoms with E-state index < -0.39 is 15.8 Å². The average molecular weight is 269 g/mol. The summed E-state index contributed by atoms with van der Waals surface area (Å²) in [4.78, 5) is 11.3. The summed E-state index contributed by atoms with van der Waals surface area (Å²) < 4.78 is 28.5. The van der Waals surface area contributed by atoms with E-state index in [0.717, 1.165) is 6.26 Å². The molecule has 8 heteroatoms. The first kappa shape index (κ1) is 12.5. The Hall–Kier alpha value is -1.96. The van der Waals surface area contributed by atoms with Crippen molar-refractivity contribution in [1.82, 2.24) is 14.6 Å². The number of nitrogens with zero attached hydrogens (tertiary/aromatic N) is 3. The summed E-state index contributed by atoms with van der Waals surface area (Å²) >= 11 is 0. The Bertz CT molecular complexity index is 705. The minimum absolute atomic E-state index is 0.203. The van der Waals surface area contributed by atoms with Crippen LogP contribution in [0, 0.1) is 0 Å². The van der Waals surface area contributed by atoms with Crippen molar-refractivity contribution >= 4 is 21.5 Å². The highest BCUT2D eigenvalue weighted by Gasteiger charge is 2.13. The van der Waals surface area contributed by atoms with Gasteiger partial charge in [0.15, 0.2) is 21.3 Å². The number of carbonyl (C=O) groups excluding carboxylic acids is 1. The molecule has 96 valence electrons. The zero-order chi connectivity index (χ0) is 13.3. The number of esters is 1. The standard InChI is InChI=1S/C10H11N3O4S/c1-17-10(14)7-3-4-13-8(5-7)11-12-9(13)6-18(2,15)16/h3-5H,6H2,1-2H3. The zero-order valence-corrected chi connectivity index (χ0v) is 10.6. The largest absolute Gasteiger partial charge is 0.465 e. The molecule has 0 amide bonds. The van der Waals surface area contributed by atoms with Crippen LogP contribution in [0.4, 0.5) is 0 Å². The number of carbonyl (C=O) groups is 1. The van der Waals surface area contributed by atoms with Crippen molar-refractivity contribution in [2.75, 3.05) is 13.4 Å². The molecule has 2 heterocycles. The number of aromatic nitrogens is 3. The van der Waals surface area contributed by atoms with E-state index in [-0.39, 0.29) is 5.75 Å². The van der Waals surface area contributed by atoms with Gasteiger partial charge in [-0.05, 0) is 12.1 Å². The molecule has 0 aliphatic rings. The van der Waals surface area contributed by atoms with Crippen LogP contribution in [0.1, 0.15) is 16.2 Å². The fraction of sp³-hybridized carbons (Fsp3) is 0.300. The summed E-state index contributed by atoms with van der Waals surface area (Å²) in [7, 11) is -1.90. The van der Waals surface area contributed by atoms with Crippen molar-refractivity contribution in [3.05, 3.63) is 29.7 Å². The first-order valence-electron chi connectivity index (χ1n) is 5.00. The molecular formula is C10H11N3O4S. The van der Waals surface area contributed by atoms with Gasteiger partial charge in [0.2, 0.25) is 0 Å². The van der Waals surface area contributed by atoms with Gasteiger partial charge >= 0.3 is 5.97 Å². The molecule has 0 aromatic carbocycles. The summed E-state index contributed by atoms with van der Waals surface area (Å²) in [6.45, 7) is 0.